The Morgan fingerprint density at radius 2 is 0.587 bits per heavy atom. The Hall–Kier alpha value is -4.11. The molecule has 0 aliphatic carbocycles. The first-order valence-electron chi connectivity index (χ1n) is 37.5. The predicted octanol–water partition coefficient (Wildman–Crippen LogP) is 24.3. The van der Waals surface area contributed by atoms with Crippen LogP contribution in [0.1, 0.15) is 309 Å². The van der Waals surface area contributed by atoms with Gasteiger partial charge >= 0.3 is 11.9 Å². The monoisotopic (exact) mass is 1300 g/mol. The lowest BCUT2D eigenvalue weighted by molar-refractivity contribution is -0.870. The van der Waals surface area contributed by atoms with Gasteiger partial charge in [-0.05, 0) is 116 Å². The topological polar surface area (TPSA) is 111 Å². The molecule has 0 aliphatic rings. The van der Waals surface area contributed by atoms with Crippen molar-refractivity contribution in [2.45, 2.75) is 315 Å². The molecule has 0 rings (SSSR count). The van der Waals surface area contributed by atoms with Crippen LogP contribution in [-0.4, -0.2) is 70.0 Å². The fourth-order valence-corrected chi connectivity index (χ4v) is 10.9. The molecule has 0 aromatic heterocycles. The maximum Gasteiger partial charge on any atom is 0.306 e. The highest BCUT2D eigenvalue weighted by molar-refractivity contribution is 7.45. The van der Waals surface area contributed by atoms with Gasteiger partial charge in [0.05, 0.1) is 27.7 Å². The summed E-state index contributed by atoms with van der Waals surface area (Å²) in [6.07, 6.45) is 105. The van der Waals surface area contributed by atoms with Gasteiger partial charge in [-0.2, -0.15) is 0 Å². The van der Waals surface area contributed by atoms with E-state index in [9.17, 15) is 19.0 Å². The van der Waals surface area contributed by atoms with Crippen LogP contribution < -0.4 is 4.89 Å². The first-order chi connectivity index (χ1) is 45.0. The van der Waals surface area contributed by atoms with Crippen LogP contribution in [0.3, 0.4) is 0 Å². The molecule has 9 nitrogen and oxygen atoms in total. The first kappa shape index (κ1) is 87.9. The fourth-order valence-electron chi connectivity index (χ4n) is 10.2. The number of quaternary nitrogens is 1. The summed E-state index contributed by atoms with van der Waals surface area (Å²) in [4.78, 5) is 38.1. The van der Waals surface area contributed by atoms with Gasteiger partial charge in [-0.25, -0.2) is 0 Å². The van der Waals surface area contributed by atoms with E-state index in [0.29, 0.717) is 23.9 Å². The normalized spacial score (nSPS) is 13.9. The van der Waals surface area contributed by atoms with Gasteiger partial charge in [0.2, 0.25) is 0 Å². The summed E-state index contributed by atoms with van der Waals surface area (Å²) in [6, 6.07) is 0. The number of hydrogen-bond acceptors (Lipinski definition) is 8. The number of allylic oxidation sites excluding steroid dienone is 24. The van der Waals surface area contributed by atoms with Gasteiger partial charge in [0.1, 0.15) is 19.8 Å². The van der Waals surface area contributed by atoms with Crippen molar-refractivity contribution in [2.75, 3.05) is 47.5 Å². The molecule has 0 saturated heterocycles. The maximum atomic E-state index is 12.9. The summed E-state index contributed by atoms with van der Waals surface area (Å²) in [7, 11) is 1.16. The minimum Gasteiger partial charge on any atom is -0.756 e. The molecule has 2 unspecified atom stereocenters. The van der Waals surface area contributed by atoms with Crippen LogP contribution in [0.25, 0.3) is 0 Å². The SMILES string of the molecule is CC/C=C\C/C=C\C/C=C\C/C=C\C/C=C\C/C=C\CCCCCCCCCCCCCCCCCCCCCCCCC(=O)OC(COC(=O)CCCCCCCCCC/C=C\C/C=C\C/C=C\C/C=C\C/C=C\C/C=C\CC)COP(=O)([O-])OCC[N+](C)(C)C. The quantitative estimate of drug-likeness (QED) is 0.0195. The highest BCUT2D eigenvalue weighted by Crippen LogP contribution is 2.38. The molecule has 10 heteroatoms. The smallest absolute Gasteiger partial charge is 0.306 e. The molecule has 0 aromatic carbocycles. The van der Waals surface area contributed by atoms with Crippen molar-refractivity contribution in [3.63, 3.8) is 0 Å². The van der Waals surface area contributed by atoms with Crippen LogP contribution >= 0.6 is 7.82 Å². The van der Waals surface area contributed by atoms with E-state index in [1.807, 2.05) is 21.1 Å². The number of likely N-dealkylation sites (N-methyl/N-ethyl adjacent to an activating group) is 1. The van der Waals surface area contributed by atoms with Crippen LogP contribution in [0.4, 0.5) is 0 Å². The second-order valence-corrected chi connectivity index (χ2v) is 27.3. The Morgan fingerprint density at radius 3 is 0.870 bits per heavy atom. The van der Waals surface area contributed by atoms with E-state index in [0.717, 1.165) is 122 Å². The minimum atomic E-state index is -4.65. The molecule has 526 valence electrons. The van der Waals surface area contributed by atoms with E-state index in [-0.39, 0.29) is 26.1 Å². The first-order valence-corrected chi connectivity index (χ1v) is 39.0. The Labute approximate surface area is 567 Å². The molecular weight excluding hydrogens is 1160 g/mol. The highest BCUT2D eigenvalue weighted by atomic mass is 31.2. The van der Waals surface area contributed by atoms with Crippen molar-refractivity contribution in [2.24, 2.45) is 0 Å². The van der Waals surface area contributed by atoms with Crippen molar-refractivity contribution >= 4 is 19.8 Å². The molecule has 0 aliphatic heterocycles. The van der Waals surface area contributed by atoms with Gasteiger partial charge < -0.3 is 27.9 Å². The molecule has 2 atom stereocenters. The molecule has 0 heterocycles. The largest absolute Gasteiger partial charge is 0.756 e. The van der Waals surface area contributed by atoms with Crippen LogP contribution in [0.15, 0.2) is 146 Å². The zero-order valence-electron chi connectivity index (χ0n) is 59.9. The van der Waals surface area contributed by atoms with E-state index in [1.165, 1.54) is 148 Å². The number of nitrogens with zero attached hydrogens (tertiary/aromatic N) is 1. The van der Waals surface area contributed by atoms with Crippen molar-refractivity contribution < 1.29 is 42.1 Å². The number of carbonyl (C=O) groups is 2. The Bertz CT molecular complexity index is 2070. The average Bonchev–Trinajstić information content (AvgIpc) is 2.23. The van der Waals surface area contributed by atoms with E-state index in [2.05, 4.69) is 160 Å². The summed E-state index contributed by atoms with van der Waals surface area (Å²) in [5.41, 5.74) is 0. The number of rotatable bonds is 68. The number of ether oxygens (including phenoxy) is 2. The zero-order chi connectivity index (χ0) is 66.9. The third kappa shape index (κ3) is 74.9. The maximum absolute atomic E-state index is 12.9. The third-order valence-corrected chi connectivity index (χ3v) is 16.8. The van der Waals surface area contributed by atoms with Crippen molar-refractivity contribution in [3.05, 3.63) is 146 Å². The summed E-state index contributed by atoms with van der Waals surface area (Å²) in [5.74, 6) is -0.839. The Kier molecular flexibility index (Phi) is 68.0. The van der Waals surface area contributed by atoms with Gasteiger partial charge in [-0.15, -0.1) is 0 Å². The molecule has 0 N–H and O–H groups in total. The summed E-state index contributed by atoms with van der Waals surface area (Å²) in [6.45, 7) is 4.02. The summed E-state index contributed by atoms with van der Waals surface area (Å²) < 4.78 is 34.3. The number of phosphoric acid groups is 1. The number of hydrogen-bond donors (Lipinski definition) is 0. The molecule has 0 saturated carbocycles. The lowest BCUT2D eigenvalue weighted by atomic mass is 10.0. The highest BCUT2D eigenvalue weighted by Gasteiger charge is 2.22. The minimum absolute atomic E-state index is 0.0369. The summed E-state index contributed by atoms with van der Waals surface area (Å²) in [5, 5.41) is 0. The number of esters is 2. The van der Waals surface area contributed by atoms with Crippen LogP contribution in [0, 0.1) is 0 Å². The van der Waals surface area contributed by atoms with Crippen LogP contribution in [0.5, 0.6) is 0 Å². The molecule has 0 radical (unpaired) electrons. The third-order valence-electron chi connectivity index (χ3n) is 15.9. The number of carbonyl (C=O) groups excluding carboxylic acids is 2. The van der Waals surface area contributed by atoms with E-state index in [1.54, 1.807) is 0 Å². The standard InChI is InChI=1S/C82H140NO8P/c1-6-8-10-12-14-16-18-20-22-24-26-28-30-32-34-35-36-37-38-39-40-41-42-43-44-45-46-47-49-51-53-55-57-59-61-63-65-67-69-71-73-75-82(85)91-80(79-90-92(86,87)89-77-76-83(3,4)5)78-88-81(84)74-72-70-68-66-64-62-60-58-56-54-52-50-48-33-31-29-27-25-23-21-19-17-15-13-11-9-7-2/h8-11,14-17,20-23,26-29,32-34,36-37,48,52,54,80H,6-7,12-13,18-19,24-25,30-31,35,38-47,49-51,53,55-79H2,1-5H3/b10-8-,11-9-,16-14-,17-15-,22-20-,23-21-,28-26-,29-27-,34-32-,37-36-,48-33-,54-52-. The van der Waals surface area contributed by atoms with Crippen molar-refractivity contribution in [1.29, 1.82) is 0 Å². The molecule has 0 fully saturated rings. The molecular formula is C82H140NO8P. The molecule has 0 amide bonds. The van der Waals surface area contributed by atoms with Gasteiger partial charge in [-0.3, -0.25) is 14.2 Å². The van der Waals surface area contributed by atoms with Gasteiger partial charge in [-0.1, -0.05) is 327 Å². The molecule has 0 aromatic rings. The molecule has 0 bridgehead atoms. The Morgan fingerprint density at radius 1 is 0.337 bits per heavy atom. The van der Waals surface area contributed by atoms with Crippen LogP contribution in [0.2, 0.25) is 0 Å². The Balaban J connectivity index is 3.99. The zero-order valence-corrected chi connectivity index (χ0v) is 60.8. The fraction of sp³-hybridized carbons (Fsp3) is 0.683. The van der Waals surface area contributed by atoms with Crippen molar-refractivity contribution in [1.82, 2.24) is 0 Å². The lowest BCUT2D eigenvalue weighted by Gasteiger charge is -2.28. The van der Waals surface area contributed by atoms with E-state index >= 15 is 0 Å². The second kappa shape index (κ2) is 71.2. The number of unbranched alkanes of at least 4 members (excludes halogenated alkanes) is 30. The second-order valence-electron chi connectivity index (χ2n) is 25.9. The van der Waals surface area contributed by atoms with Gasteiger partial charge in [0, 0.05) is 12.8 Å². The van der Waals surface area contributed by atoms with Gasteiger partial charge in [0.15, 0.2) is 6.10 Å². The summed E-state index contributed by atoms with van der Waals surface area (Å²) >= 11 is 0. The average molecular weight is 1300 g/mol. The van der Waals surface area contributed by atoms with E-state index in [4.69, 9.17) is 18.5 Å². The van der Waals surface area contributed by atoms with E-state index < -0.39 is 32.5 Å². The lowest BCUT2D eigenvalue weighted by Crippen LogP contribution is -2.37. The number of phosphoric ester groups is 1. The molecule has 92 heavy (non-hydrogen) atoms. The van der Waals surface area contributed by atoms with Gasteiger partial charge in [0.25, 0.3) is 7.82 Å². The predicted molar refractivity (Wildman–Crippen MR) is 397 cm³/mol. The van der Waals surface area contributed by atoms with Crippen LogP contribution in [-0.2, 0) is 32.7 Å². The van der Waals surface area contributed by atoms with Crippen molar-refractivity contribution in [3.8, 4) is 0 Å². The molecule has 0 spiro atoms.